The zero-order chi connectivity index (χ0) is 18.0. The summed E-state index contributed by atoms with van der Waals surface area (Å²) in [5, 5.41) is 0. The molecule has 0 fully saturated rings. The molecule has 0 spiro atoms. The summed E-state index contributed by atoms with van der Waals surface area (Å²) in [6.07, 6.45) is 0. The first-order valence-corrected chi connectivity index (χ1v) is 11.0. The van der Waals surface area contributed by atoms with Crippen LogP contribution in [0.2, 0.25) is 0 Å². The van der Waals surface area contributed by atoms with E-state index in [1.165, 1.54) is 43.9 Å². The third-order valence-corrected chi connectivity index (χ3v) is 10.4. The minimum absolute atomic E-state index is 0.0347. The lowest BCUT2D eigenvalue weighted by molar-refractivity contribution is -0.113. The molecule has 0 radical (unpaired) electrons. The van der Waals surface area contributed by atoms with Crippen molar-refractivity contribution in [2.24, 2.45) is 0 Å². The Morgan fingerprint density at radius 1 is 0.958 bits per heavy atom. The van der Waals surface area contributed by atoms with E-state index in [4.69, 9.17) is 0 Å². The second kappa shape index (κ2) is 8.66. The fourth-order valence-electron chi connectivity index (χ4n) is 1.73. The fraction of sp³-hybridized carbons (Fsp3) is 0.357. The molecule has 0 N–H and O–H groups in total. The van der Waals surface area contributed by atoms with Crippen LogP contribution in [0, 0.1) is 0 Å². The van der Waals surface area contributed by atoms with Crippen molar-refractivity contribution in [2.45, 2.75) is 34.6 Å². The highest BCUT2D eigenvalue weighted by atomic mass is 32.2. The number of hydrogen-bond acceptors (Lipinski definition) is 7. The van der Waals surface area contributed by atoms with Gasteiger partial charge in [0, 0.05) is 4.91 Å². The fourth-order valence-corrected chi connectivity index (χ4v) is 8.53. The van der Waals surface area contributed by atoms with Crippen LogP contribution < -0.4 is 0 Å². The second-order valence-electron chi connectivity index (χ2n) is 4.86. The summed E-state index contributed by atoms with van der Waals surface area (Å²) in [6.45, 7) is 8.94. The number of allylic oxidation sites excluding steroid dienone is 5. The lowest BCUT2D eigenvalue weighted by Gasteiger charge is -2.10. The number of halogens is 2. The minimum atomic E-state index is -2.93. The largest absolute Gasteiger partial charge is 0.796 e. The van der Waals surface area contributed by atoms with Crippen molar-refractivity contribution in [2.75, 3.05) is 0 Å². The van der Waals surface area contributed by atoms with Crippen molar-refractivity contribution < 1.29 is 18.1 Å². The number of Topliss-reactive ketones (excluding diaryl/α,β-unsaturated/α-hetero) is 1. The molecule has 24 heavy (non-hydrogen) atoms. The second-order valence-corrected chi connectivity index (χ2v) is 11.4. The summed E-state index contributed by atoms with van der Waals surface area (Å²) in [5.74, 6) is -0.310. The Bertz CT molecular complexity index is 681. The van der Waals surface area contributed by atoms with Crippen molar-refractivity contribution >= 4 is 72.1 Å². The van der Waals surface area contributed by atoms with E-state index < -0.39 is 7.47 Å². The smallest absolute Gasteiger partial charge is 0.508 e. The maximum absolute atomic E-state index is 12.4. The zero-order valence-corrected chi connectivity index (χ0v) is 17.8. The van der Waals surface area contributed by atoms with Gasteiger partial charge in [0.2, 0.25) is 0 Å². The van der Waals surface area contributed by atoms with E-state index in [0.717, 1.165) is 9.14 Å². The third-order valence-electron chi connectivity index (χ3n) is 2.97. The monoisotopic (exact) mass is 424 g/mol. The Morgan fingerprint density at radius 2 is 1.46 bits per heavy atom. The molecule has 0 aromatic carbocycles. The molecule has 0 aliphatic carbocycles. The quantitative estimate of drug-likeness (QED) is 0.266. The summed E-state index contributed by atoms with van der Waals surface area (Å²) in [5.41, 5.74) is 0. The summed E-state index contributed by atoms with van der Waals surface area (Å²) >= 11 is 7.98. The van der Waals surface area contributed by atoms with Crippen molar-refractivity contribution in [3.63, 3.8) is 0 Å². The number of ketones is 1. The van der Waals surface area contributed by atoms with Gasteiger partial charge in [-0.3, -0.25) is 4.79 Å². The Kier molecular flexibility index (Phi) is 7.37. The molecule has 130 valence electrons. The van der Waals surface area contributed by atoms with Crippen LogP contribution in [0.1, 0.15) is 34.6 Å². The predicted octanol–water partition coefficient (Wildman–Crippen LogP) is 7.01. The van der Waals surface area contributed by atoms with E-state index >= 15 is 0 Å². The van der Waals surface area contributed by atoms with Crippen molar-refractivity contribution in [3.8, 4) is 0 Å². The van der Waals surface area contributed by atoms with Gasteiger partial charge in [-0.1, -0.05) is 58.8 Å². The van der Waals surface area contributed by atoms with E-state index in [0.29, 0.717) is 0 Å². The molecule has 0 aromatic rings. The van der Waals surface area contributed by atoms with E-state index in [-0.39, 0.29) is 16.4 Å². The van der Waals surface area contributed by atoms with Gasteiger partial charge in [0.25, 0.3) is 0 Å². The van der Waals surface area contributed by atoms with E-state index in [1.54, 1.807) is 47.0 Å². The SMILES string of the molecule is CC(=O)/C(SC1=C(C)SC(=C2SC(C)=C(C)S2)S1)=C(/C)OB(F)F. The number of thioether (sulfide) groups is 5. The van der Waals surface area contributed by atoms with E-state index in [9.17, 15) is 13.4 Å². The number of hydrogen-bond donors (Lipinski definition) is 0. The minimum Gasteiger partial charge on any atom is -0.508 e. The van der Waals surface area contributed by atoms with Gasteiger partial charge in [0.05, 0.1) is 23.4 Å². The maximum Gasteiger partial charge on any atom is 0.796 e. The molecule has 0 amide bonds. The van der Waals surface area contributed by atoms with Crippen LogP contribution in [0.5, 0.6) is 0 Å². The molecule has 2 aliphatic rings. The molecular weight excluding hydrogens is 409 g/mol. The normalized spacial score (nSPS) is 19.3. The molecule has 2 heterocycles. The molecule has 10 heteroatoms. The van der Waals surface area contributed by atoms with Crippen LogP contribution in [-0.2, 0) is 9.45 Å². The summed E-state index contributed by atoms with van der Waals surface area (Å²) < 4.78 is 32.6. The zero-order valence-electron chi connectivity index (χ0n) is 13.7. The molecule has 0 bridgehead atoms. The van der Waals surface area contributed by atoms with Gasteiger partial charge in [-0.2, -0.15) is 0 Å². The molecular formula is C14H15BF2O2S5. The first kappa shape index (κ1) is 20.4. The molecule has 0 unspecified atom stereocenters. The average molecular weight is 424 g/mol. The van der Waals surface area contributed by atoms with Gasteiger partial charge in [-0.15, -0.1) is 0 Å². The predicted molar refractivity (Wildman–Crippen MR) is 108 cm³/mol. The van der Waals surface area contributed by atoms with Crippen molar-refractivity contribution in [1.82, 2.24) is 0 Å². The Labute approximate surface area is 162 Å². The van der Waals surface area contributed by atoms with E-state index in [2.05, 4.69) is 18.5 Å². The lowest BCUT2D eigenvalue weighted by Crippen LogP contribution is -2.07. The molecule has 2 rings (SSSR count). The molecule has 2 aliphatic heterocycles. The standard InChI is InChI=1S/C14H15BF2O2S5/c1-6(18)11(7(2)19-15(16)17)23-12-10(5)22-14(24-12)13-20-8(3)9(4)21-13/h1-5H3/b11-7+. The van der Waals surface area contributed by atoms with Gasteiger partial charge in [-0.05, 0) is 44.4 Å². The van der Waals surface area contributed by atoms with Crippen LogP contribution in [-0.4, -0.2) is 13.3 Å². The van der Waals surface area contributed by atoms with Crippen LogP contribution in [0.4, 0.5) is 8.63 Å². The van der Waals surface area contributed by atoms with Crippen LogP contribution in [0.3, 0.4) is 0 Å². The van der Waals surface area contributed by atoms with Gasteiger partial charge in [-0.25, -0.2) is 8.63 Å². The van der Waals surface area contributed by atoms with Gasteiger partial charge in [0.1, 0.15) is 0 Å². The maximum atomic E-state index is 12.4. The highest BCUT2D eigenvalue weighted by Crippen LogP contribution is 2.62. The topological polar surface area (TPSA) is 26.3 Å². The highest BCUT2D eigenvalue weighted by Gasteiger charge is 2.28. The number of carbonyl (C=O) groups is 1. The van der Waals surface area contributed by atoms with Gasteiger partial charge < -0.3 is 4.65 Å². The number of carbonyl (C=O) groups excluding carboxylic acids is 1. The first-order chi connectivity index (χ1) is 11.2. The van der Waals surface area contributed by atoms with Gasteiger partial charge >= 0.3 is 7.47 Å². The average Bonchev–Trinajstić information content (AvgIpc) is 2.98. The molecule has 0 saturated heterocycles. The highest BCUT2D eigenvalue weighted by molar-refractivity contribution is 8.38. The first-order valence-electron chi connectivity index (χ1n) is 6.87. The Balaban J connectivity index is 2.17. The summed E-state index contributed by atoms with van der Waals surface area (Å²) in [4.78, 5) is 15.7. The van der Waals surface area contributed by atoms with E-state index in [1.807, 2.05) is 6.92 Å². The summed E-state index contributed by atoms with van der Waals surface area (Å²) in [7, 11) is -2.93. The number of rotatable bonds is 5. The molecule has 0 aromatic heterocycles. The lowest BCUT2D eigenvalue weighted by atomic mass is 10.3. The Hall–Kier alpha value is 0.105. The van der Waals surface area contributed by atoms with Crippen molar-refractivity contribution in [3.05, 3.63) is 38.1 Å². The van der Waals surface area contributed by atoms with Crippen LogP contribution in [0.25, 0.3) is 0 Å². The van der Waals surface area contributed by atoms with Crippen LogP contribution >= 0.6 is 58.8 Å². The molecule has 0 saturated carbocycles. The Morgan fingerprint density at radius 3 is 1.96 bits per heavy atom. The van der Waals surface area contributed by atoms with Crippen LogP contribution in [0.15, 0.2) is 38.1 Å². The molecule has 0 atom stereocenters. The van der Waals surface area contributed by atoms with Gasteiger partial charge in [0.15, 0.2) is 5.78 Å². The van der Waals surface area contributed by atoms with Crippen molar-refractivity contribution in [1.29, 1.82) is 0 Å². The summed E-state index contributed by atoms with van der Waals surface area (Å²) in [6, 6.07) is 0. The third kappa shape index (κ3) is 5.06. The molecule has 2 nitrogen and oxygen atoms in total.